The van der Waals surface area contributed by atoms with Crippen molar-refractivity contribution in [1.29, 1.82) is 0 Å². The van der Waals surface area contributed by atoms with E-state index in [0.717, 1.165) is 50.6 Å². The number of phenols is 1. The number of aryl methyl sites for hydroxylation is 1. The zero-order valence-electron chi connectivity index (χ0n) is 21.6. The van der Waals surface area contributed by atoms with Gasteiger partial charge in [-0.15, -0.1) is 0 Å². The van der Waals surface area contributed by atoms with E-state index >= 15 is 0 Å². The third kappa shape index (κ3) is 11.9. The molecule has 1 atom stereocenters. The van der Waals surface area contributed by atoms with Crippen molar-refractivity contribution in [3.05, 3.63) is 59.2 Å². The lowest BCUT2D eigenvalue weighted by Gasteiger charge is -2.14. The van der Waals surface area contributed by atoms with Crippen LogP contribution in [0, 0.1) is 0 Å². The van der Waals surface area contributed by atoms with E-state index in [-0.39, 0.29) is 17.3 Å². The standard InChI is InChI=1S/C27H40N2O8S/c30-20-23-17-22(11-12-25(23)31)26(32)18-28-13-4-1-2-5-14-37-15-6-3-8-21-9-7-10-24(16-21)38(35,36)29-19-27(33)34/h7,9-12,16-17,26,28-32H,1-6,8,13-15,18-20H2,(H,33,34)/t26-/m1/s1. The lowest BCUT2D eigenvalue weighted by Crippen LogP contribution is -2.29. The van der Waals surface area contributed by atoms with Gasteiger partial charge in [-0.1, -0.05) is 31.0 Å². The molecule has 0 spiro atoms. The molecule has 11 heteroatoms. The molecule has 0 aliphatic carbocycles. The number of ether oxygens (including phenoxy) is 1. The minimum Gasteiger partial charge on any atom is -0.508 e. The Labute approximate surface area is 224 Å². The molecule has 2 aromatic carbocycles. The number of aromatic hydroxyl groups is 1. The van der Waals surface area contributed by atoms with E-state index in [9.17, 15) is 28.5 Å². The third-order valence-electron chi connectivity index (χ3n) is 6.01. The molecule has 0 saturated carbocycles. The first-order chi connectivity index (χ1) is 18.2. The molecule has 0 radical (unpaired) electrons. The second-order valence-corrected chi connectivity index (χ2v) is 10.9. The first-order valence-corrected chi connectivity index (χ1v) is 14.4. The largest absolute Gasteiger partial charge is 0.508 e. The number of carboxylic acids is 1. The van der Waals surface area contributed by atoms with Gasteiger partial charge in [-0.25, -0.2) is 8.42 Å². The van der Waals surface area contributed by atoms with Crippen LogP contribution in [0.3, 0.4) is 0 Å². The zero-order chi connectivity index (χ0) is 27.8. The summed E-state index contributed by atoms with van der Waals surface area (Å²) in [6.45, 7) is 1.61. The zero-order valence-corrected chi connectivity index (χ0v) is 22.5. The lowest BCUT2D eigenvalue weighted by molar-refractivity contribution is -0.135. The van der Waals surface area contributed by atoms with Crippen LogP contribution < -0.4 is 10.0 Å². The van der Waals surface area contributed by atoms with Gasteiger partial charge in [0.05, 0.1) is 17.6 Å². The van der Waals surface area contributed by atoms with E-state index in [0.29, 0.717) is 37.3 Å². The van der Waals surface area contributed by atoms with Crippen LogP contribution in [0.1, 0.15) is 61.3 Å². The van der Waals surface area contributed by atoms with Crippen LogP contribution in [0.15, 0.2) is 47.4 Å². The predicted octanol–water partition coefficient (Wildman–Crippen LogP) is 2.47. The van der Waals surface area contributed by atoms with Crippen LogP contribution in [0.4, 0.5) is 0 Å². The molecule has 0 fully saturated rings. The molecule has 6 N–H and O–H groups in total. The van der Waals surface area contributed by atoms with Crippen molar-refractivity contribution in [2.24, 2.45) is 0 Å². The summed E-state index contributed by atoms with van der Waals surface area (Å²) in [6.07, 6.45) is 5.81. The van der Waals surface area contributed by atoms with Gasteiger partial charge in [0.25, 0.3) is 0 Å². The van der Waals surface area contributed by atoms with Gasteiger partial charge >= 0.3 is 5.97 Å². The molecular weight excluding hydrogens is 512 g/mol. The minimum atomic E-state index is -3.84. The number of nitrogens with one attached hydrogen (secondary N) is 2. The van der Waals surface area contributed by atoms with E-state index in [1.165, 1.54) is 12.1 Å². The molecule has 2 aromatic rings. The molecule has 0 amide bonds. The fourth-order valence-electron chi connectivity index (χ4n) is 3.85. The Kier molecular flexibility index (Phi) is 14.3. The number of carbonyl (C=O) groups is 1. The summed E-state index contributed by atoms with van der Waals surface area (Å²) in [4.78, 5) is 10.7. The maximum Gasteiger partial charge on any atom is 0.318 e. The summed E-state index contributed by atoms with van der Waals surface area (Å²) >= 11 is 0. The highest BCUT2D eigenvalue weighted by molar-refractivity contribution is 7.89. The van der Waals surface area contributed by atoms with E-state index in [2.05, 4.69) is 10.0 Å². The third-order valence-corrected chi connectivity index (χ3v) is 7.41. The molecule has 10 nitrogen and oxygen atoms in total. The Morgan fingerprint density at radius 3 is 2.45 bits per heavy atom. The Hall–Kier alpha value is -2.54. The topological polar surface area (TPSA) is 165 Å². The highest BCUT2D eigenvalue weighted by atomic mass is 32.2. The number of benzene rings is 2. The van der Waals surface area contributed by atoms with Crippen molar-refractivity contribution in [1.82, 2.24) is 10.0 Å². The molecule has 212 valence electrons. The SMILES string of the molecule is O=C(O)CNS(=O)(=O)c1cccc(CCCCOCCCCCCNC[C@@H](O)c2ccc(O)c(CO)c2)c1. The molecular formula is C27H40N2O8S. The van der Waals surface area contributed by atoms with Crippen molar-refractivity contribution in [2.75, 3.05) is 32.8 Å². The maximum atomic E-state index is 12.2. The van der Waals surface area contributed by atoms with Crippen LogP contribution in [-0.4, -0.2) is 67.7 Å². The molecule has 0 unspecified atom stereocenters. The lowest BCUT2D eigenvalue weighted by atomic mass is 10.1. The first kappa shape index (κ1) is 31.7. The number of carboxylic acid groups (broad SMARTS) is 1. The fraction of sp³-hybridized carbons (Fsp3) is 0.519. The summed E-state index contributed by atoms with van der Waals surface area (Å²) < 4.78 is 32.1. The van der Waals surface area contributed by atoms with Crippen LogP contribution in [-0.2, 0) is 32.6 Å². The number of aliphatic carboxylic acids is 1. The normalized spacial score (nSPS) is 12.5. The van der Waals surface area contributed by atoms with E-state index in [1.807, 2.05) is 6.07 Å². The van der Waals surface area contributed by atoms with Gasteiger partial charge < -0.3 is 30.5 Å². The van der Waals surface area contributed by atoms with Gasteiger partial charge in [-0.2, -0.15) is 4.72 Å². The number of aliphatic hydroxyl groups excluding tert-OH is 2. The van der Waals surface area contributed by atoms with Gasteiger partial charge in [0.1, 0.15) is 12.3 Å². The summed E-state index contributed by atoms with van der Waals surface area (Å²) in [5.74, 6) is -1.22. The van der Waals surface area contributed by atoms with E-state index in [4.69, 9.17) is 9.84 Å². The summed E-state index contributed by atoms with van der Waals surface area (Å²) in [5, 5.41) is 41.0. The highest BCUT2D eigenvalue weighted by Gasteiger charge is 2.15. The molecule has 0 bridgehead atoms. The van der Waals surface area contributed by atoms with Gasteiger partial charge in [0.2, 0.25) is 10.0 Å². The smallest absolute Gasteiger partial charge is 0.318 e. The number of hydrogen-bond acceptors (Lipinski definition) is 8. The monoisotopic (exact) mass is 552 g/mol. The van der Waals surface area contributed by atoms with Gasteiger partial charge in [-0.05, 0) is 74.0 Å². The van der Waals surface area contributed by atoms with Crippen molar-refractivity contribution in [3.8, 4) is 5.75 Å². The van der Waals surface area contributed by atoms with E-state index in [1.54, 1.807) is 24.3 Å². The molecule has 0 saturated heterocycles. The summed E-state index contributed by atoms with van der Waals surface area (Å²) in [6, 6.07) is 11.3. The second-order valence-electron chi connectivity index (χ2n) is 9.12. The van der Waals surface area contributed by atoms with Crippen LogP contribution in [0.2, 0.25) is 0 Å². The van der Waals surface area contributed by atoms with Crippen molar-refractivity contribution >= 4 is 16.0 Å². The van der Waals surface area contributed by atoms with Crippen LogP contribution >= 0.6 is 0 Å². The molecule has 0 aliphatic rings. The van der Waals surface area contributed by atoms with Crippen molar-refractivity contribution in [3.63, 3.8) is 0 Å². The predicted molar refractivity (Wildman–Crippen MR) is 143 cm³/mol. The van der Waals surface area contributed by atoms with Crippen LogP contribution in [0.25, 0.3) is 0 Å². The molecule has 0 aliphatic heterocycles. The number of sulfonamides is 1. The van der Waals surface area contributed by atoms with Crippen molar-refractivity contribution in [2.45, 2.75) is 62.6 Å². The van der Waals surface area contributed by atoms with E-state index < -0.39 is 28.6 Å². The molecule has 2 rings (SSSR count). The van der Waals surface area contributed by atoms with Crippen LogP contribution in [0.5, 0.6) is 5.75 Å². The average Bonchev–Trinajstić information content (AvgIpc) is 2.90. The number of unbranched alkanes of at least 4 members (excludes halogenated alkanes) is 4. The number of aliphatic hydroxyl groups is 2. The number of hydrogen-bond donors (Lipinski definition) is 6. The first-order valence-electron chi connectivity index (χ1n) is 12.9. The second kappa shape index (κ2) is 17.1. The number of rotatable bonds is 20. The van der Waals surface area contributed by atoms with Crippen molar-refractivity contribution < 1.29 is 38.4 Å². The molecule has 38 heavy (non-hydrogen) atoms. The average molecular weight is 553 g/mol. The fourth-order valence-corrected chi connectivity index (χ4v) is 4.89. The minimum absolute atomic E-state index is 0.0199. The molecule has 0 aromatic heterocycles. The Bertz CT molecular complexity index is 1090. The van der Waals surface area contributed by atoms with Gasteiger partial charge in [0, 0.05) is 25.3 Å². The molecule has 0 heterocycles. The quantitative estimate of drug-likeness (QED) is 0.135. The Morgan fingerprint density at radius 1 is 0.974 bits per heavy atom. The van der Waals surface area contributed by atoms with Gasteiger partial charge in [0.15, 0.2) is 0 Å². The Morgan fingerprint density at radius 2 is 1.71 bits per heavy atom. The van der Waals surface area contributed by atoms with Gasteiger partial charge in [-0.3, -0.25) is 4.79 Å². The summed E-state index contributed by atoms with van der Waals surface area (Å²) in [5.41, 5.74) is 1.93. The highest BCUT2D eigenvalue weighted by Crippen LogP contribution is 2.22. The summed E-state index contributed by atoms with van der Waals surface area (Å²) in [7, 11) is -3.84. The Balaban J connectivity index is 1.47. The maximum absolute atomic E-state index is 12.2.